The molecule has 0 unspecified atom stereocenters. The van der Waals surface area contributed by atoms with Gasteiger partial charge in [0.15, 0.2) is 5.78 Å². The maximum absolute atomic E-state index is 14.0. The van der Waals surface area contributed by atoms with Crippen molar-refractivity contribution >= 4 is 11.8 Å². The molecule has 5 N–H and O–H groups in total. The molecule has 0 aromatic rings. The number of ether oxygens (including phenoxy) is 3. The van der Waals surface area contributed by atoms with E-state index in [-0.39, 0.29) is 26.1 Å². The molecule has 0 radical (unpaired) electrons. The van der Waals surface area contributed by atoms with Crippen LogP contribution in [0.5, 0.6) is 0 Å². The van der Waals surface area contributed by atoms with Gasteiger partial charge in [0.1, 0.15) is 29.0 Å². The van der Waals surface area contributed by atoms with Crippen molar-refractivity contribution in [2.24, 2.45) is 22.7 Å². The first kappa shape index (κ1) is 22.6. The van der Waals surface area contributed by atoms with Crippen LogP contribution in [0.2, 0.25) is 0 Å². The van der Waals surface area contributed by atoms with Crippen LogP contribution in [-0.4, -0.2) is 97.8 Å². The van der Waals surface area contributed by atoms with E-state index < -0.39 is 81.7 Å². The molecule has 5 rings (SSSR count). The molecule has 10 heteroatoms. The first-order valence-electron chi connectivity index (χ1n) is 11.2. The van der Waals surface area contributed by atoms with E-state index in [0.29, 0.717) is 0 Å². The summed E-state index contributed by atoms with van der Waals surface area (Å²) in [6, 6.07) is 0. The number of hydrogen-bond acceptors (Lipinski definition) is 10. The molecule has 5 fully saturated rings. The fourth-order valence-electron chi connectivity index (χ4n) is 7.80. The molecular weight excluding hydrogens is 424 g/mol. The van der Waals surface area contributed by atoms with Gasteiger partial charge in [-0.1, -0.05) is 6.92 Å². The lowest BCUT2D eigenvalue weighted by atomic mass is 9.42. The van der Waals surface area contributed by atoms with Crippen LogP contribution in [0.3, 0.4) is 0 Å². The molecule has 2 aliphatic heterocycles. The molecule has 180 valence electrons. The van der Waals surface area contributed by atoms with Gasteiger partial charge in [-0.2, -0.15) is 0 Å². The normalized spacial score (nSPS) is 61.0. The topological polar surface area (TPSA) is 163 Å². The van der Waals surface area contributed by atoms with Crippen molar-refractivity contribution in [3.63, 3.8) is 0 Å². The third-order valence-corrected chi connectivity index (χ3v) is 9.82. The molecule has 2 saturated heterocycles. The van der Waals surface area contributed by atoms with Gasteiger partial charge >= 0.3 is 5.97 Å². The molecular formula is C22H32O10. The Morgan fingerprint density at radius 3 is 2.31 bits per heavy atom. The van der Waals surface area contributed by atoms with Crippen molar-refractivity contribution in [2.75, 3.05) is 13.2 Å². The zero-order valence-electron chi connectivity index (χ0n) is 18.6. The second-order valence-electron chi connectivity index (χ2n) is 11.1. The van der Waals surface area contributed by atoms with Crippen LogP contribution in [0.25, 0.3) is 0 Å². The molecule has 0 aromatic heterocycles. The van der Waals surface area contributed by atoms with Crippen LogP contribution in [0.1, 0.15) is 40.5 Å². The van der Waals surface area contributed by atoms with Crippen molar-refractivity contribution in [2.45, 2.75) is 87.9 Å². The van der Waals surface area contributed by atoms with Crippen LogP contribution in [-0.2, 0) is 23.8 Å². The third-order valence-electron chi connectivity index (χ3n) is 9.82. The average molecular weight is 456 g/mol. The van der Waals surface area contributed by atoms with Crippen molar-refractivity contribution < 1.29 is 49.3 Å². The van der Waals surface area contributed by atoms with E-state index >= 15 is 0 Å². The molecule has 0 spiro atoms. The van der Waals surface area contributed by atoms with E-state index in [9.17, 15) is 35.1 Å². The highest BCUT2D eigenvalue weighted by Crippen LogP contribution is 2.67. The van der Waals surface area contributed by atoms with E-state index in [1.165, 1.54) is 20.8 Å². The van der Waals surface area contributed by atoms with Crippen LogP contribution in [0.15, 0.2) is 0 Å². The fraction of sp³-hybridized carbons (Fsp3) is 0.909. The third kappa shape index (κ3) is 2.16. The van der Waals surface area contributed by atoms with Gasteiger partial charge in [0.25, 0.3) is 0 Å². The van der Waals surface area contributed by atoms with Crippen molar-refractivity contribution in [1.29, 1.82) is 0 Å². The number of fused-ring (bicyclic) bond motifs is 3. The summed E-state index contributed by atoms with van der Waals surface area (Å²) in [6.45, 7) is 5.50. The lowest BCUT2D eigenvalue weighted by Crippen LogP contribution is -2.83. The smallest absolute Gasteiger partial charge is 0.302 e. The number of rotatable bonds is 1. The summed E-state index contributed by atoms with van der Waals surface area (Å²) in [5.41, 5.74) is -8.48. The Morgan fingerprint density at radius 2 is 1.75 bits per heavy atom. The number of aliphatic hydroxyl groups excluding tert-OH is 3. The lowest BCUT2D eigenvalue weighted by molar-refractivity contribution is -0.346. The Kier molecular flexibility index (Phi) is 4.45. The Balaban J connectivity index is 1.75. The highest BCUT2D eigenvalue weighted by molar-refractivity contribution is 5.92. The molecule has 0 aromatic carbocycles. The average Bonchev–Trinajstić information content (AvgIpc) is 2.86. The van der Waals surface area contributed by atoms with Crippen LogP contribution in [0.4, 0.5) is 0 Å². The summed E-state index contributed by atoms with van der Waals surface area (Å²) in [7, 11) is 0. The summed E-state index contributed by atoms with van der Waals surface area (Å²) >= 11 is 0. The van der Waals surface area contributed by atoms with Gasteiger partial charge < -0.3 is 39.7 Å². The Morgan fingerprint density at radius 1 is 1.09 bits per heavy atom. The summed E-state index contributed by atoms with van der Waals surface area (Å²) < 4.78 is 16.9. The van der Waals surface area contributed by atoms with Gasteiger partial charge in [0.05, 0.1) is 36.9 Å². The van der Waals surface area contributed by atoms with Gasteiger partial charge in [-0.05, 0) is 26.2 Å². The predicted molar refractivity (Wildman–Crippen MR) is 105 cm³/mol. The van der Waals surface area contributed by atoms with E-state index in [1.54, 1.807) is 6.92 Å². The molecule has 12 atom stereocenters. The zero-order chi connectivity index (χ0) is 23.6. The van der Waals surface area contributed by atoms with Crippen molar-refractivity contribution in [3.05, 3.63) is 0 Å². The van der Waals surface area contributed by atoms with Gasteiger partial charge in [-0.25, -0.2) is 0 Å². The Bertz CT molecular complexity index is 879. The zero-order valence-corrected chi connectivity index (χ0v) is 18.6. The van der Waals surface area contributed by atoms with Crippen LogP contribution in [0, 0.1) is 22.7 Å². The monoisotopic (exact) mass is 456 g/mol. The quantitative estimate of drug-likeness (QED) is 0.287. The molecule has 32 heavy (non-hydrogen) atoms. The van der Waals surface area contributed by atoms with Gasteiger partial charge in [-0.15, -0.1) is 0 Å². The number of carbonyl (C=O) groups is 2. The maximum Gasteiger partial charge on any atom is 0.302 e. The van der Waals surface area contributed by atoms with E-state index in [4.69, 9.17) is 14.2 Å². The lowest BCUT2D eigenvalue weighted by Gasteiger charge is -2.67. The number of hydrogen-bond donors (Lipinski definition) is 5. The number of aliphatic hydroxyl groups is 5. The molecule has 3 saturated carbocycles. The second kappa shape index (κ2) is 6.29. The molecule has 4 bridgehead atoms. The predicted octanol–water partition coefficient (Wildman–Crippen LogP) is -1.71. The molecule has 10 nitrogen and oxygen atoms in total. The minimum Gasteiger partial charge on any atom is -0.461 e. The highest BCUT2D eigenvalue weighted by atomic mass is 16.6. The molecule has 2 heterocycles. The molecule has 0 amide bonds. The summed E-state index contributed by atoms with van der Waals surface area (Å²) in [5.74, 6) is -3.52. The second-order valence-corrected chi connectivity index (χ2v) is 11.1. The highest BCUT2D eigenvalue weighted by Gasteiger charge is 2.82. The maximum atomic E-state index is 14.0. The summed E-state index contributed by atoms with van der Waals surface area (Å²) in [5, 5.41) is 57.7. The summed E-state index contributed by atoms with van der Waals surface area (Å²) in [6.07, 6.45) is -6.51. The van der Waals surface area contributed by atoms with Crippen molar-refractivity contribution in [1.82, 2.24) is 0 Å². The van der Waals surface area contributed by atoms with Crippen LogP contribution < -0.4 is 0 Å². The standard InChI is InChI=1S/C22H32O10/c1-9(23)32-12-6-13-21(28,8-30-13)15-14(25)10-5-11(24)20(4)22(29,18(10,2)7-31-20)17(27)16(26)19(12,15)3/h10-15,17,24-25,27-29H,5-8H2,1-4H3/t10-,11-,12-,13+,14+,15-,17-,18-,19+,20+,21-,22-/m0/s1. The number of esters is 1. The number of ketones is 1. The molecule has 5 aliphatic rings. The van der Waals surface area contributed by atoms with Gasteiger partial charge in [-0.3, -0.25) is 9.59 Å². The van der Waals surface area contributed by atoms with Gasteiger partial charge in [0.2, 0.25) is 0 Å². The number of carbonyl (C=O) groups excluding carboxylic acids is 2. The largest absolute Gasteiger partial charge is 0.461 e. The Labute approximate surface area is 185 Å². The molecule has 3 aliphatic carbocycles. The first-order valence-corrected chi connectivity index (χ1v) is 11.2. The summed E-state index contributed by atoms with van der Waals surface area (Å²) in [4.78, 5) is 25.9. The van der Waals surface area contributed by atoms with E-state index in [1.807, 2.05) is 0 Å². The SMILES string of the molecule is CC(=O)O[C@H]1C[C@H]2OC[C@@]2(O)[C@H]2[C@H](O)[C@@H]3C[C@H](O)[C@@]4(C)OC[C@]3(C)[C@@]4(O)[C@@H](O)C(=O)[C@]12C. The Hall–Kier alpha value is -1.14. The van der Waals surface area contributed by atoms with Crippen LogP contribution >= 0.6 is 0 Å². The number of Topliss-reactive ketones (excluding diaryl/α,β-unsaturated/α-hetero) is 1. The van der Waals surface area contributed by atoms with Gasteiger partial charge in [0, 0.05) is 24.7 Å². The minimum atomic E-state index is -2.22. The van der Waals surface area contributed by atoms with E-state index in [0.717, 1.165) is 0 Å². The first-order chi connectivity index (χ1) is 14.7. The van der Waals surface area contributed by atoms with Crippen molar-refractivity contribution in [3.8, 4) is 0 Å². The van der Waals surface area contributed by atoms with E-state index in [2.05, 4.69) is 0 Å². The minimum absolute atomic E-state index is 0.00498. The fourth-order valence-corrected chi connectivity index (χ4v) is 7.80.